The Morgan fingerprint density at radius 3 is 2.64 bits per heavy atom. The Hall–Kier alpha value is -3.39. The molecule has 0 spiro atoms. The van der Waals surface area contributed by atoms with E-state index < -0.39 is 6.92 Å². The maximum absolute atomic E-state index is 10.2. The second kappa shape index (κ2) is 6.97. The van der Waals surface area contributed by atoms with Crippen molar-refractivity contribution in [2.24, 2.45) is 0 Å². The smallest absolute Gasteiger partial charge is 0.324 e. The summed E-state index contributed by atoms with van der Waals surface area (Å²) in [5, 5.41) is 19.2. The number of ether oxygens (including phenoxy) is 1. The molecule has 4 aromatic rings. The van der Waals surface area contributed by atoms with Crippen LogP contribution in [0.3, 0.4) is 0 Å². The predicted octanol–water partition coefficient (Wildman–Crippen LogP) is 2.67. The molecule has 0 aliphatic rings. The number of aryl methyl sites for hydroxylation is 1. The molecule has 140 valence electrons. The van der Waals surface area contributed by atoms with Crippen LogP contribution < -0.4 is 15.9 Å². The van der Waals surface area contributed by atoms with Gasteiger partial charge in [-0.25, -0.2) is 4.98 Å². The number of nitrogen functional groups attached to an aromatic ring is 1. The molecule has 0 fully saturated rings. The maximum atomic E-state index is 10.2. The number of hydrogen-bond donors (Lipinski definition) is 2. The largest absolute Gasteiger partial charge is 0.497 e. The number of nitrogens with zero attached hydrogens (tertiary/aromatic N) is 3. The molecule has 3 N–H and O–H groups in total. The topological polar surface area (TPSA) is 107 Å². The summed E-state index contributed by atoms with van der Waals surface area (Å²) in [4.78, 5) is 4.37. The molecule has 0 atom stereocenters. The summed E-state index contributed by atoms with van der Waals surface area (Å²) >= 11 is 0. The predicted molar refractivity (Wildman–Crippen MR) is 110 cm³/mol. The van der Waals surface area contributed by atoms with Crippen molar-refractivity contribution in [3.8, 4) is 28.3 Å². The molecule has 2 aromatic heterocycles. The minimum atomic E-state index is -0.704. The Morgan fingerprint density at radius 1 is 1.14 bits per heavy atom. The van der Waals surface area contributed by atoms with E-state index in [1.165, 1.54) is 6.20 Å². The average molecular weight is 374 g/mol. The van der Waals surface area contributed by atoms with Crippen LogP contribution in [0.1, 0.15) is 5.76 Å². The first-order valence-electron chi connectivity index (χ1n) is 8.82. The zero-order valence-electron chi connectivity index (χ0n) is 15.8. The van der Waals surface area contributed by atoms with E-state index in [-0.39, 0.29) is 0 Å². The highest BCUT2D eigenvalue weighted by Gasteiger charge is 2.21. The fourth-order valence-electron chi connectivity index (χ4n) is 3.24. The van der Waals surface area contributed by atoms with Gasteiger partial charge >= 0.3 is 6.92 Å². The minimum absolute atomic E-state index is 0.474. The van der Waals surface area contributed by atoms with Gasteiger partial charge in [-0.15, -0.1) is 0 Å². The lowest BCUT2D eigenvalue weighted by Crippen LogP contribution is -2.28. The van der Waals surface area contributed by atoms with E-state index in [0.717, 1.165) is 22.1 Å². The molecule has 7 nitrogen and oxygen atoms in total. The third-order valence-corrected chi connectivity index (χ3v) is 4.65. The van der Waals surface area contributed by atoms with Gasteiger partial charge in [0.2, 0.25) is 5.89 Å². The monoisotopic (exact) mass is 374 g/mol. The van der Waals surface area contributed by atoms with E-state index in [1.807, 2.05) is 37.3 Å². The molecular formula is C20H19BN4O3. The van der Waals surface area contributed by atoms with Crippen molar-refractivity contribution >= 4 is 29.0 Å². The van der Waals surface area contributed by atoms with Gasteiger partial charge in [0, 0.05) is 10.9 Å². The molecule has 0 saturated carbocycles. The standard InChI is InChI=1S/C20H19BN4O3/c1-11-9-23-20(28-11)15-8-19(27-3)16(21(2)26)7-14(15)12-4-5-13-17(22)10-24-25-18(13)6-12/h4-10,26H,1-3H3,(H2,22,25). The molecular weight excluding hydrogens is 355 g/mol. The van der Waals surface area contributed by atoms with Crippen LogP contribution >= 0.6 is 0 Å². The van der Waals surface area contributed by atoms with Crippen molar-refractivity contribution in [3.05, 3.63) is 48.5 Å². The third-order valence-electron chi connectivity index (χ3n) is 4.65. The summed E-state index contributed by atoms with van der Waals surface area (Å²) in [5.74, 6) is 1.74. The molecule has 0 amide bonds. The Labute approximate surface area is 162 Å². The lowest BCUT2D eigenvalue weighted by molar-refractivity contribution is 0.417. The van der Waals surface area contributed by atoms with Gasteiger partial charge in [0.05, 0.1) is 30.7 Å². The van der Waals surface area contributed by atoms with Gasteiger partial charge in [-0.3, -0.25) is 0 Å². The van der Waals surface area contributed by atoms with Crippen LogP contribution in [0, 0.1) is 6.92 Å². The zero-order valence-corrected chi connectivity index (χ0v) is 15.8. The van der Waals surface area contributed by atoms with Crippen molar-refractivity contribution < 1.29 is 14.2 Å². The van der Waals surface area contributed by atoms with Crippen molar-refractivity contribution in [3.63, 3.8) is 0 Å². The number of hydrogen-bond acceptors (Lipinski definition) is 7. The average Bonchev–Trinajstić information content (AvgIpc) is 3.13. The second-order valence-corrected chi connectivity index (χ2v) is 6.62. The third kappa shape index (κ3) is 3.08. The minimum Gasteiger partial charge on any atom is -0.497 e. The van der Waals surface area contributed by atoms with E-state index in [0.29, 0.717) is 34.1 Å². The van der Waals surface area contributed by atoms with Gasteiger partial charge in [0.25, 0.3) is 0 Å². The van der Waals surface area contributed by atoms with Crippen molar-refractivity contribution in [2.45, 2.75) is 13.7 Å². The van der Waals surface area contributed by atoms with Gasteiger partial charge in [-0.2, -0.15) is 10.2 Å². The molecule has 8 heteroatoms. The SMILES string of the molecule is COc1cc(-c2ncc(C)o2)c(-c2ccc3c(N)cnnc3c2)cc1B(C)O. The first-order valence-corrected chi connectivity index (χ1v) is 8.82. The Bertz CT molecular complexity index is 1170. The number of benzene rings is 2. The van der Waals surface area contributed by atoms with E-state index in [9.17, 15) is 5.02 Å². The first kappa shape index (κ1) is 18.0. The van der Waals surface area contributed by atoms with Gasteiger partial charge < -0.3 is 19.9 Å². The highest BCUT2D eigenvalue weighted by Crippen LogP contribution is 2.35. The lowest BCUT2D eigenvalue weighted by atomic mass is 9.63. The van der Waals surface area contributed by atoms with Gasteiger partial charge in [-0.1, -0.05) is 19.0 Å². The molecule has 0 unspecified atom stereocenters. The van der Waals surface area contributed by atoms with Gasteiger partial charge in [0.15, 0.2) is 0 Å². The molecule has 2 heterocycles. The molecule has 4 rings (SSSR count). The molecule has 0 saturated heterocycles. The van der Waals surface area contributed by atoms with Crippen LogP contribution in [0.4, 0.5) is 5.69 Å². The quantitative estimate of drug-likeness (QED) is 0.529. The number of rotatable bonds is 4. The van der Waals surface area contributed by atoms with Crippen LogP contribution in [0.25, 0.3) is 33.5 Å². The Kier molecular flexibility index (Phi) is 4.48. The van der Waals surface area contributed by atoms with Gasteiger partial charge in [0.1, 0.15) is 11.5 Å². The van der Waals surface area contributed by atoms with E-state index in [2.05, 4.69) is 15.2 Å². The number of oxazole rings is 1. The van der Waals surface area contributed by atoms with Crippen LogP contribution in [0.2, 0.25) is 6.82 Å². The fourth-order valence-corrected chi connectivity index (χ4v) is 3.24. The highest BCUT2D eigenvalue weighted by molar-refractivity contribution is 6.66. The summed E-state index contributed by atoms with van der Waals surface area (Å²) in [5.41, 5.74) is 10.4. The summed E-state index contributed by atoms with van der Waals surface area (Å²) in [6.07, 6.45) is 3.20. The summed E-state index contributed by atoms with van der Waals surface area (Å²) in [6, 6.07) is 9.49. The normalized spacial score (nSPS) is 11.0. The maximum Gasteiger partial charge on any atom is 0.324 e. The lowest BCUT2D eigenvalue weighted by Gasteiger charge is -2.15. The molecule has 0 aliphatic carbocycles. The summed E-state index contributed by atoms with van der Waals surface area (Å²) in [7, 11) is 1.57. The van der Waals surface area contributed by atoms with Crippen molar-refractivity contribution in [1.29, 1.82) is 0 Å². The molecule has 28 heavy (non-hydrogen) atoms. The molecule has 0 aliphatic heterocycles. The van der Waals surface area contributed by atoms with Crippen LogP contribution in [-0.4, -0.2) is 34.2 Å². The van der Waals surface area contributed by atoms with Gasteiger partial charge in [-0.05, 0) is 41.7 Å². The summed E-state index contributed by atoms with van der Waals surface area (Å²) < 4.78 is 11.2. The second-order valence-electron chi connectivity index (χ2n) is 6.62. The molecule has 2 aromatic carbocycles. The van der Waals surface area contributed by atoms with E-state index in [1.54, 1.807) is 20.1 Å². The Balaban J connectivity index is 2.00. The van der Waals surface area contributed by atoms with E-state index >= 15 is 0 Å². The van der Waals surface area contributed by atoms with Crippen LogP contribution in [0.15, 0.2) is 47.1 Å². The number of nitrogens with two attached hydrogens (primary N) is 1. The summed E-state index contributed by atoms with van der Waals surface area (Å²) in [6.45, 7) is 2.83. The highest BCUT2D eigenvalue weighted by atomic mass is 16.5. The number of methoxy groups -OCH3 is 1. The number of anilines is 1. The first-order chi connectivity index (χ1) is 13.5. The number of aromatic nitrogens is 3. The Morgan fingerprint density at radius 2 is 1.96 bits per heavy atom. The number of fused-ring (bicyclic) bond motifs is 1. The molecule has 0 bridgehead atoms. The fraction of sp³-hybridized carbons (Fsp3) is 0.150. The van der Waals surface area contributed by atoms with Crippen LogP contribution in [0.5, 0.6) is 5.75 Å². The van der Waals surface area contributed by atoms with E-state index in [4.69, 9.17) is 14.9 Å². The van der Waals surface area contributed by atoms with Crippen LogP contribution in [-0.2, 0) is 0 Å². The molecule has 0 radical (unpaired) electrons. The van der Waals surface area contributed by atoms with Crippen molar-refractivity contribution in [2.75, 3.05) is 12.8 Å². The zero-order chi connectivity index (χ0) is 19.8. The van der Waals surface area contributed by atoms with Crippen molar-refractivity contribution in [1.82, 2.24) is 15.2 Å².